The molecule has 1 aliphatic carbocycles. The fourth-order valence-corrected chi connectivity index (χ4v) is 3.84. The van der Waals surface area contributed by atoms with Crippen molar-refractivity contribution >= 4 is 0 Å². The zero-order valence-electron chi connectivity index (χ0n) is 14.4. The van der Waals surface area contributed by atoms with E-state index in [-0.39, 0.29) is 6.10 Å². The Kier molecular flexibility index (Phi) is 3.94. The molecule has 2 aromatic rings. The van der Waals surface area contributed by atoms with Crippen LogP contribution in [0.15, 0.2) is 24.5 Å². The molecule has 25 heavy (non-hydrogen) atoms. The van der Waals surface area contributed by atoms with Crippen LogP contribution in [0.25, 0.3) is 0 Å². The van der Waals surface area contributed by atoms with Gasteiger partial charge in [0.15, 0.2) is 0 Å². The smallest absolute Gasteiger partial charge is 0.213 e. The van der Waals surface area contributed by atoms with Crippen LogP contribution in [0.2, 0.25) is 0 Å². The molecule has 1 saturated carbocycles. The van der Waals surface area contributed by atoms with Crippen molar-refractivity contribution in [2.45, 2.75) is 51.0 Å². The predicted octanol–water partition coefficient (Wildman–Crippen LogP) is 2.34. The summed E-state index contributed by atoms with van der Waals surface area (Å²) < 4.78 is 13.9. The van der Waals surface area contributed by atoms with Crippen LogP contribution in [0.4, 0.5) is 0 Å². The minimum absolute atomic E-state index is 0.228. The van der Waals surface area contributed by atoms with Gasteiger partial charge in [-0.25, -0.2) is 9.97 Å². The Labute approximate surface area is 147 Å². The minimum atomic E-state index is 0.228. The Hall–Kier alpha value is -1.92. The van der Waals surface area contributed by atoms with Gasteiger partial charge >= 0.3 is 0 Å². The monoisotopic (exact) mass is 340 g/mol. The van der Waals surface area contributed by atoms with Gasteiger partial charge in [0.25, 0.3) is 0 Å². The summed E-state index contributed by atoms with van der Waals surface area (Å²) in [6, 6.07) is 4.21. The molecule has 2 aromatic heterocycles. The summed E-state index contributed by atoms with van der Waals surface area (Å²) in [7, 11) is 0. The van der Waals surface area contributed by atoms with Crippen LogP contribution in [-0.2, 0) is 24.4 Å². The van der Waals surface area contributed by atoms with Crippen LogP contribution in [0.1, 0.15) is 42.3 Å². The van der Waals surface area contributed by atoms with Crippen molar-refractivity contribution in [2.24, 2.45) is 0 Å². The lowest BCUT2D eigenvalue weighted by atomic mass is 10.2. The van der Waals surface area contributed by atoms with E-state index in [1.165, 1.54) is 24.1 Å². The van der Waals surface area contributed by atoms with Gasteiger partial charge in [-0.3, -0.25) is 4.90 Å². The van der Waals surface area contributed by atoms with E-state index in [0.717, 1.165) is 56.8 Å². The topological polar surface area (TPSA) is 52.4 Å². The van der Waals surface area contributed by atoms with Crippen molar-refractivity contribution in [1.29, 1.82) is 0 Å². The Balaban J connectivity index is 1.17. The number of hydrogen-bond acceptors (Lipinski definition) is 5. The Morgan fingerprint density at radius 1 is 1.12 bits per heavy atom. The second-order valence-electron chi connectivity index (χ2n) is 7.34. The molecule has 4 heterocycles. The van der Waals surface area contributed by atoms with Gasteiger partial charge in [0, 0.05) is 44.6 Å². The van der Waals surface area contributed by atoms with Crippen molar-refractivity contribution in [3.8, 4) is 5.88 Å². The molecule has 0 spiro atoms. The van der Waals surface area contributed by atoms with Gasteiger partial charge in [-0.1, -0.05) is 6.07 Å². The molecule has 1 unspecified atom stereocenters. The van der Waals surface area contributed by atoms with Crippen molar-refractivity contribution in [3.05, 3.63) is 41.6 Å². The standard InChI is InChI=1S/C19H24N4O2/c1-2-14(1)15-3-4-19(21-9-15)25-17-5-6-22(12-17)11-16-10-20-18-13-24-8-7-23(16)18/h3-4,9-10,14,17H,1-2,5-8,11-13H2. The van der Waals surface area contributed by atoms with Gasteiger partial charge in [0.2, 0.25) is 5.88 Å². The highest BCUT2D eigenvalue weighted by molar-refractivity contribution is 5.24. The van der Waals surface area contributed by atoms with E-state index in [1.54, 1.807) is 0 Å². The quantitative estimate of drug-likeness (QED) is 0.836. The average molecular weight is 340 g/mol. The molecule has 0 amide bonds. The number of imidazole rings is 1. The zero-order chi connectivity index (χ0) is 16.6. The van der Waals surface area contributed by atoms with Gasteiger partial charge in [-0.05, 0) is 30.7 Å². The summed E-state index contributed by atoms with van der Waals surface area (Å²) in [6.07, 6.45) is 7.88. The van der Waals surface area contributed by atoms with Crippen LogP contribution in [0.5, 0.6) is 5.88 Å². The number of hydrogen-bond donors (Lipinski definition) is 0. The lowest BCUT2D eigenvalue weighted by Crippen LogP contribution is -2.27. The highest BCUT2D eigenvalue weighted by atomic mass is 16.5. The Morgan fingerprint density at radius 2 is 2.08 bits per heavy atom. The van der Waals surface area contributed by atoms with Gasteiger partial charge in [-0.2, -0.15) is 0 Å². The van der Waals surface area contributed by atoms with Crippen molar-refractivity contribution in [1.82, 2.24) is 19.4 Å². The molecule has 0 N–H and O–H groups in total. The second kappa shape index (κ2) is 6.42. The van der Waals surface area contributed by atoms with E-state index < -0.39 is 0 Å². The summed E-state index contributed by atoms with van der Waals surface area (Å²) in [4.78, 5) is 11.4. The van der Waals surface area contributed by atoms with Crippen LogP contribution in [0.3, 0.4) is 0 Å². The number of likely N-dealkylation sites (tertiary alicyclic amines) is 1. The SMILES string of the molecule is c1cc(OC2CCN(Cc3cnc4n3CCOC4)C2)ncc1C1CC1. The predicted molar refractivity (Wildman–Crippen MR) is 92.4 cm³/mol. The van der Waals surface area contributed by atoms with Crippen LogP contribution in [0, 0.1) is 0 Å². The number of ether oxygens (including phenoxy) is 2. The maximum Gasteiger partial charge on any atom is 0.213 e. The molecule has 3 aliphatic rings. The van der Waals surface area contributed by atoms with Gasteiger partial charge < -0.3 is 14.0 Å². The fourth-order valence-electron chi connectivity index (χ4n) is 3.84. The van der Waals surface area contributed by atoms with Gasteiger partial charge in [0.05, 0.1) is 12.3 Å². The number of nitrogens with zero attached hydrogens (tertiary/aromatic N) is 4. The second-order valence-corrected chi connectivity index (χ2v) is 7.34. The first-order valence-corrected chi connectivity index (χ1v) is 9.31. The maximum atomic E-state index is 6.10. The third kappa shape index (κ3) is 3.28. The summed E-state index contributed by atoms with van der Waals surface area (Å²) in [5.41, 5.74) is 2.64. The van der Waals surface area contributed by atoms with Crippen LogP contribution >= 0.6 is 0 Å². The number of aromatic nitrogens is 3. The lowest BCUT2D eigenvalue weighted by molar-refractivity contribution is 0.0797. The van der Waals surface area contributed by atoms with E-state index in [1.807, 2.05) is 18.5 Å². The summed E-state index contributed by atoms with van der Waals surface area (Å²) in [5.74, 6) is 2.55. The first-order valence-electron chi connectivity index (χ1n) is 9.31. The Morgan fingerprint density at radius 3 is 2.92 bits per heavy atom. The molecule has 1 atom stereocenters. The first kappa shape index (κ1) is 15.3. The van der Waals surface area contributed by atoms with Gasteiger partial charge in [-0.15, -0.1) is 0 Å². The summed E-state index contributed by atoms with van der Waals surface area (Å²) >= 11 is 0. The van der Waals surface area contributed by atoms with Gasteiger partial charge in [0.1, 0.15) is 18.5 Å². The molecule has 132 valence electrons. The van der Waals surface area contributed by atoms with E-state index in [9.17, 15) is 0 Å². The summed E-state index contributed by atoms with van der Waals surface area (Å²) in [5, 5.41) is 0. The largest absolute Gasteiger partial charge is 0.473 e. The molecule has 5 rings (SSSR count). The lowest BCUT2D eigenvalue weighted by Gasteiger charge is -2.20. The number of rotatable bonds is 5. The fraction of sp³-hybridized carbons (Fsp3) is 0.579. The van der Waals surface area contributed by atoms with Crippen molar-refractivity contribution < 1.29 is 9.47 Å². The highest BCUT2D eigenvalue weighted by Gasteiger charge is 2.27. The normalized spacial score (nSPS) is 23.6. The summed E-state index contributed by atoms with van der Waals surface area (Å²) in [6.45, 7) is 5.26. The average Bonchev–Trinajstić information content (AvgIpc) is 3.29. The number of fused-ring (bicyclic) bond motifs is 1. The highest BCUT2D eigenvalue weighted by Crippen LogP contribution is 2.39. The molecular weight excluding hydrogens is 316 g/mol. The molecular formula is C19H24N4O2. The van der Waals surface area contributed by atoms with E-state index >= 15 is 0 Å². The molecule has 0 bridgehead atoms. The molecule has 2 fully saturated rings. The number of pyridine rings is 1. The maximum absolute atomic E-state index is 6.10. The van der Waals surface area contributed by atoms with Crippen molar-refractivity contribution in [2.75, 3.05) is 19.7 Å². The van der Waals surface area contributed by atoms with Crippen LogP contribution in [-0.4, -0.2) is 45.2 Å². The third-order valence-corrected chi connectivity index (χ3v) is 5.42. The molecule has 0 aromatic carbocycles. The van der Waals surface area contributed by atoms with E-state index in [4.69, 9.17) is 9.47 Å². The minimum Gasteiger partial charge on any atom is -0.473 e. The Bertz CT molecular complexity index is 738. The van der Waals surface area contributed by atoms with Crippen molar-refractivity contribution in [3.63, 3.8) is 0 Å². The van der Waals surface area contributed by atoms with Crippen LogP contribution < -0.4 is 4.74 Å². The molecule has 6 nitrogen and oxygen atoms in total. The first-order chi connectivity index (χ1) is 12.3. The van der Waals surface area contributed by atoms with E-state index in [2.05, 4.69) is 25.5 Å². The molecule has 2 aliphatic heterocycles. The molecule has 0 radical (unpaired) electrons. The van der Waals surface area contributed by atoms with E-state index in [0.29, 0.717) is 6.61 Å². The molecule has 1 saturated heterocycles. The molecule has 6 heteroatoms. The third-order valence-electron chi connectivity index (χ3n) is 5.42. The zero-order valence-corrected chi connectivity index (χ0v) is 14.4.